The summed E-state index contributed by atoms with van der Waals surface area (Å²) in [5, 5.41) is 7.43. The third kappa shape index (κ3) is 4.42. The highest BCUT2D eigenvalue weighted by molar-refractivity contribution is 5.95. The molecule has 0 aliphatic heterocycles. The summed E-state index contributed by atoms with van der Waals surface area (Å²) in [5.74, 6) is 0.464. The van der Waals surface area contributed by atoms with Crippen molar-refractivity contribution >= 4 is 11.6 Å². The van der Waals surface area contributed by atoms with Crippen LogP contribution in [0.4, 0.5) is 5.69 Å². The molecular formula is C25H29N3O. The standard InChI is InChI=1S/C25H29N3O/c1-17-7-5-6-8-19(17)15-28-16-21(14-26-28)27-24(29)23-13-22(23)18-9-11-20(12-10-18)25(2,3)4/h5-12,14,16,22-23H,13,15H2,1-4H3,(H,27,29)/t22-,23+/m0/s1. The van der Waals surface area contributed by atoms with Crippen molar-refractivity contribution in [2.75, 3.05) is 5.32 Å². The monoisotopic (exact) mass is 387 g/mol. The Labute approximate surface area is 173 Å². The number of anilines is 1. The molecular weight excluding hydrogens is 358 g/mol. The Bertz CT molecular complexity index is 1010. The van der Waals surface area contributed by atoms with E-state index in [2.05, 4.69) is 74.5 Å². The van der Waals surface area contributed by atoms with Gasteiger partial charge in [-0.15, -0.1) is 0 Å². The first-order chi connectivity index (χ1) is 13.8. The second-order valence-corrected chi connectivity index (χ2v) is 9.16. The van der Waals surface area contributed by atoms with E-state index >= 15 is 0 Å². The molecule has 2 atom stereocenters. The van der Waals surface area contributed by atoms with E-state index in [1.54, 1.807) is 6.20 Å². The average molecular weight is 388 g/mol. The van der Waals surface area contributed by atoms with Crippen molar-refractivity contribution in [3.63, 3.8) is 0 Å². The minimum Gasteiger partial charge on any atom is -0.323 e. The second-order valence-electron chi connectivity index (χ2n) is 9.16. The van der Waals surface area contributed by atoms with Crippen LogP contribution in [0.3, 0.4) is 0 Å². The number of carbonyl (C=O) groups is 1. The number of aryl methyl sites for hydroxylation is 1. The van der Waals surface area contributed by atoms with E-state index < -0.39 is 0 Å². The van der Waals surface area contributed by atoms with E-state index in [9.17, 15) is 4.79 Å². The van der Waals surface area contributed by atoms with Crippen molar-refractivity contribution in [3.05, 3.63) is 83.2 Å². The molecule has 4 nitrogen and oxygen atoms in total. The summed E-state index contributed by atoms with van der Waals surface area (Å²) in [6, 6.07) is 17.0. The van der Waals surface area contributed by atoms with Gasteiger partial charge in [-0.25, -0.2) is 0 Å². The molecule has 4 heteroatoms. The summed E-state index contributed by atoms with van der Waals surface area (Å²) in [7, 11) is 0. The van der Waals surface area contributed by atoms with Crippen LogP contribution in [0.2, 0.25) is 0 Å². The Morgan fingerprint density at radius 3 is 2.55 bits per heavy atom. The minimum absolute atomic E-state index is 0.0511. The molecule has 1 aromatic heterocycles. The van der Waals surface area contributed by atoms with Crippen LogP contribution < -0.4 is 5.32 Å². The third-order valence-corrected chi connectivity index (χ3v) is 5.83. The molecule has 0 saturated heterocycles. The van der Waals surface area contributed by atoms with Gasteiger partial charge in [-0.05, 0) is 46.9 Å². The molecule has 1 N–H and O–H groups in total. The number of amides is 1. The van der Waals surface area contributed by atoms with Crippen LogP contribution in [0.25, 0.3) is 0 Å². The molecule has 1 heterocycles. The summed E-state index contributed by atoms with van der Waals surface area (Å²) in [5.41, 5.74) is 5.97. The van der Waals surface area contributed by atoms with Crippen molar-refractivity contribution in [2.45, 2.75) is 52.0 Å². The Balaban J connectivity index is 1.35. The summed E-state index contributed by atoms with van der Waals surface area (Å²) in [6.45, 7) is 9.45. The molecule has 1 fully saturated rings. The van der Waals surface area contributed by atoms with Crippen LogP contribution in [-0.2, 0) is 16.8 Å². The van der Waals surface area contributed by atoms with Gasteiger partial charge in [0.15, 0.2) is 0 Å². The fourth-order valence-corrected chi connectivity index (χ4v) is 3.80. The molecule has 4 rings (SSSR count). The number of aromatic nitrogens is 2. The number of rotatable bonds is 5. The highest BCUT2D eigenvalue weighted by atomic mass is 16.2. The first kappa shape index (κ1) is 19.4. The van der Waals surface area contributed by atoms with Crippen LogP contribution in [-0.4, -0.2) is 15.7 Å². The molecule has 0 radical (unpaired) electrons. The molecule has 1 aliphatic rings. The van der Waals surface area contributed by atoms with Crippen molar-refractivity contribution in [1.82, 2.24) is 9.78 Å². The average Bonchev–Trinajstić information content (AvgIpc) is 3.37. The zero-order chi connectivity index (χ0) is 20.6. The Hall–Kier alpha value is -2.88. The second kappa shape index (κ2) is 7.51. The lowest BCUT2D eigenvalue weighted by Gasteiger charge is -2.19. The molecule has 150 valence electrons. The molecule has 29 heavy (non-hydrogen) atoms. The van der Waals surface area contributed by atoms with E-state index in [1.165, 1.54) is 22.3 Å². The third-order valence-electron chi connectivity index (χ3n) is 5.83. The Morgan fingerprint density at radius 2 is 1.86 bits per heavy atom. The van der Waals surface area contributed by atoms with Crippen LogP contribution in [0.1, 0.15) is 55.4 Å². The van der Waals surface area contributed by atoms with Gasteiger partial charge >= 0.3 is 0 Å². The zero-order valence-corrected chi connectivity index (χ0v) is 17.6. The predicted octanol–water partition coefficient (Wildman–Crippen LogP) is 5.28. The fraction of sp³-hybridized carbons (Fsp3) is 0.360. The normalized spacial score (nSPS) is 18.5. The molecule has 2 aromatic carbocycles. The van der Waals surface area contributed by atoms with Gasteiger partial charge in [0.05, 0.1) is 18.4 Å². The van der Waals surface area contributed by atoms with E-state index in [-0.39, 0.29) is 17.2 Å². The number of benzene rings is 2. The quantitative estimate of drug-likeness (QED) is 0.647. The van der Waals surface area contributed by atoms with Gasteiger partial charge in [-0.1, -0.05) is 69.3 Å². The lowest BCUT2D eigenvalue weighted by Crippen LogP contribution is -2.14. The highest BCUT2D eigenvalue weighted by Gasteiger charge is 2.44. The van der Waals surface area contributed by atoms with Crippen LogP contribution in [0, 0.1) is 12.8 Å². The molecule has 1 aliphatic carbocycles. The van der Waals surface area contributed by atoms with E-state index in [0.29, 0.717) is 12.5 Å². The Morgan fingerprint density at radius 1 is 1.14 bits per heavy atom. The first-order valence-electron chi connectivity index (χ1n) is 10.3. The number of nitrogens with one attached hydrogen (secondary N) is 1. The highest BCUT2D eigenvalue weighted by Crippen LogP contribution is 2.48. The van der Waals surface area contributed by atoms with Crippen LogP contribution >= 0.6 is 0 Å². The SMILES string of the molecule is Cc1ccccc1Cn1cc(NC(=O)[C@@H]2C[C@H]2c2ccc(C(C)(C)C)cc2)cn1. The van der Waals surface area contributed by atoms with Crippen molar-refractivity contribution in [1.29, 1.82) is 0 Å². The van der Waals surface area contributed by atoms with Gasteiger partial charge < -0.3 is 5.32 Å². The van der Waals surface area contributed by atoms with Crippen LogP contribution in [0.5, 0.6) is 0 Å². The van der Waals surface area contributed by atoms with E-state index in [4.69, 9.17) is 0 Å². The predicted molar refractivity (Wildman–Crippen MR) is 117 cm³/mol. The molecule has 0 bridgehead atoms. The topological polar surface area (TPSA) is 46.9 Å². The number of hydrogen-bond acceptors (Lipinski definition) is 2. The summed E-state index contributed by atoms with van der Waals surface area (Å²) in [6.07, 6.45) is 4.55. The fourth-order valence-electron chi connectivity index (χ4n) is 3.80. The lowest BCUT2D eigenvalue weighted by atomic mass is 9.86. The van der Waals surface area contributed by atoms with E-state index in [0.717, 1.165) is 12.1 Å². The van der Waals surface area contributed by atoms with E-state index in [1.807, 2.05) is 23.0 Å². The summed E-state index contributed by atoms with van der Waals surface area (Å²) < 4.78 is 1.87. The molecule has 0 spiro atoms. The first-order valence-corrected chi connectivity index (χ1v) is 10.3. The summed E-state index contributed by atoms with van der Waals surface area (Å²) in [4.78, 5) is 12.7. The maximum absolute atomic E-state index is 12.7. The number of nitrogens with zero attached hydrogens (tertiary/aromatic N) is 2. The largest absolute Gasteiger partial charge is 0.323 e. The van der Waals surface area contributed by atoms with Gasteiger partial charge in [0, 0.05) is 12.1 Å². The summed E-state index contributed by atoms with van der Waals surface area (Å²) >= 11 is 0. The molecule has 0 unspecified atom stereocenters. The smallest absolute Gasteiger partial charge is 0.228 e. The van der Waals surface area contributed by atoms with Crippen molar-refractivity contribution in [2.24, 2.45) is 5.92 Å². The molecule has 1 amide bonds. The number of carbonyl (C=O) groups excluding carboxylic acids is 1. The van der Waals surface area contributed by atoms with Gasteiger partial charge in [-0.2, -0.15) is 5.10 Å². The van der Waals surface area contributed by atoms with Crippen molar-refractivity contribution < 1.29 is 4.79 Å². The zero-order valence-electron chi connectivity index (χ0n) is 17.6. The maximum atomic E-state index is 12.7. The van der Waals surface area contributed by atoms with Gasteiger partial charge in [-0.3, -0.25) is 9.48 Å². The maximum Gasteiger partial charge on any atom is 0.228 e. The molecule has 3 aromatic rings. The lowest BCUT2D eigenvalue weighted by molar-refractivity contribution is -0.117. The minimum atomic E-state index is 0.0511. The van der Waals surface area contributed by atoms with Crippen LogP contribution in [0.15, 0.2) is 60.9 Å². The number of hydrogen-bond donors (Lipinski definition) is 1. The van der Waals surface area contributed by atoms with Gasteiger partial charge in [0.25, 0.3) is 0 Å². The Kier molecular flexibility index (Phi) is 5.03. The molecule has 1 saturated carbocycles. The van der Waals surface area contributed by atoms with Gasteiger partial charge in [0.2, 0.25) is 5.91 Å². The van der Waals surface area contributed by atoms with Gasteiger partial charge in [0.1, 0.15) is 0 Å². The van der Waals surface area contributed by atoms with Crippen molar-refractivity contribution in [3.8, 4) is 0 Å².